The molecule has 0 spiro atoms. The van der Waals surface area contributed by atoms with Crippen molar-refractivity contribution in [1.29, 1.82) is 5.26 Å². The molecule has 1 fully saturated rings. The third-order valence-electron chi connectivity index (χ3n) is 4.19. The molecule has 0 aliphatic carbocycles. The van der Waals surface area contributed by atoms with E-state index in [9.17, 15) is 9.50 Å². The first-order valence-corrected chi connectivity index (χ1v) is 7.43. The van der Waals surface area contributed by atoms with E-state index in [2.05, 4.69) is 22.8 Å². The molecule has 4 nitrogen and oxygen atoms in total. The molecule has 1 aromatic rings. The van der Waals surface area contributed by atoms with Crippen LogP contribution in [0.3, 0.4) is 0 Å². The first-order valence-electron chi connectivity index (χ1n) is 7.43. The second-order valence-electron chi connectivity index (χ2n) is 5.47. The number of piperazine rings is 1. The number of aliphatic hydroxyl groups excluding tert-OH is 1. The summed E-state index contributed by atoms with van der Waals surface area (Å²) in [5, 5.41) is 18.4. The summed E-state index contributed by atoms with van der Waals surface area (Å²) in [4.78, 5) is 4.53. The van der Waals surface area contributed by atoms with E-state index in [0.29, 0.717) is 12.1 Å². The number of halogens is 1. The fourth-order valence-corrected chi connectivity index (χ4v) is 2.83. The molecule has 1 unspecified atom stereocenters. The van der Waals surface area contributed by atoms with Gasteiger partial charge in [0, 0.05) is 38.8 Å². The average molecular weight is 291 g/mol. The Morgan fingerprint density at radius 3 is 2.62 bits per heavy atom. The lowest BCUT2D eigenvalue weighted by Crippen LogP contribution is -2.50. The summed E-state index contributed by atoms with van der Waals surface area (Å²) in [5.74, 6) is -0.297. The van der Waals surface area contributed by atoms with Crippen molar-refractivity contribution in [1.82, 2.24) is 9.80 Å². The Bertz CT molecular complexity index is 503. The molecular weight excluding hydrogens is 269 g/mol. The molecule has 0 saturated carbocycles. The molecule has 0 aromatic heterocycles. The highest BCUT2D eigenvalue weighted by atomic mass is 19.1. The molecule has 114 valence electrons. The SMILES string of the molecule is CCC(CO)N1CCN(Cc2cc(F)ccc2C#N)CC1. The molecule has 1 N–H and O–H groups in total. The Morgan fingerprint density at radius 1 is 1.33 bits per heavy atom. The lowest BCUT2D eigenvalue weighted by Gasteiger charge is -2.38. The normalized spacial score (nSPS) is 18.4. The van der Waals surface area contributed by atoms with E-state index in [0.717, 1.165) is 38.2 Å². The summed E-state index contributed by atoms with van der Waals surface area (Å²) in [6.45, 7) is 6.42. The number of aliphatic hydroxyl groups is 1. The number of hydrogen-bond acceptors (Lipinski definition) is 4. The fourth-order valence-electron chi connectivity index (χ4n) is 2.83. The molecule has 1 atom stereocenters. The Hall–Kier alpha value is -1.48. The van der Waals surface area contributed by atoms with Crippen molar-refractivity contribution >= 4 is 0 Å². The molecule has 0 radical (unpaired) electrons. The quantitative estimate of drug-likeness (QED) is 0.895. The molecule has 1 heterocycles. The first kappa shape index (κ1) is 15.9. The van der Waals surface area contributed by atoms with Crippen LogP contribution in [0.4, 0.5) is 4.39 Å². The van der Waals surface area contributed by atoms with Crippen LogP contribution in [0.2, 0.25) is 0 Å². The van der Waals surface area contributed by atoms with E-state index in [1.54, 1.807) is 6.07 Å². The molecular formula is C16H22FN3O. The maximum absolute atomic E-state index is 13.3. The van der Waals surface area contributed by atoms with Gasteiger partial charge in [0.05, 0.1) is 18.2 Å². The van der Waals surface area contributed by atoms with E-state index in [-0.39, 0.29) is 18.5 Å². The minimum atomic E-state index is -0.297. The average Bonchev–Trinajstić information content (AvgIpc) is 2.50. The van der Waals surface area contributed by atoms with Crippen LogP contribution in [0.25, 0.3) is 0 Å². The zero-order chi connectivity index (χ0) is 15.2. The van der Waals surface area contributed by atoms with Gasteiger partial charge in [-0.05, 0) is 30.2 Å². The van der Waals surface area contributed by atoms with Gasteiger partial charge in [-0.2, -0.15) is 5.26 Å². The number of benzene rings is 1. The molecule has 2 rings (SSSR count). The van der Waals surface area contributed by atoms with E-state index in [1.165, 1.54) is 12.1 Å². The second kappa shape index (κ2) is 7.51. The monoisotopic (exact) mass is 291 g/mol. The Balaban J connectivity index is 1.95. The van der Waals surface area contributed by atoms with E-state index >= 15 is 0 Å². The van der Waals surface area contributed by atoms with Gasteiger partial charge in [0.15, 0.2) is 0 Å². The fraction of sp³-hybridized carbons (Fsp3) is 0.562. The summed E-state index contributed by atoms with van der Waals surface area (Å²) in [6.07, 6.45) is 0.943. The van der Waals surface area contributed by atoms with Gasteiger partial charge in [-0.3, -0.25) is 9.80 Å². The third-order valence-corrected chi connectivity index (χ3v) is 4.19. The summed E-state index contributed by atoms with van der Waals surface area (Å²) >= 11 is 0. The number of nitriles is 1. The van der Waals surface area contributed by atoms with Crippen LogP contribution in [0.5, 0.6) is 0 Å². The maximum atomic E-state index is 13.3. The van der Waals surface area contributed by atoms with Crippen molar-refractivity contribution in [2.45, 2.75) is 25.9 Å². The summed E-state index contributed by atoms with van der Waals surface area (Å²) < 4.78 is 13.3. The van der Waals surface area contributed by atoms with Gasteiger partial charge in [-0.1, -0.05) is 6.92 Å². The van der Waals surface area contributed by atoms with Gasteiger partial charge >= 0.3 is 0 Å². The standard InChI is InChI=1S/C16H22FN3O/c1-2-16(12-21)20-7-5-19(6-8-20)11-14-9-15(17)4-3-13(14)10-18/h3-4,9,16,21H,2,5-8,11-12H2,1H3. The van der Waals surface area contributed by atoms with Crippen LogP contribution >= 0.6 is 0 Å². The van der Waals surface area contributed by atoms with Gasteiger partial charge in [-0.15, -0.1) is 0 Å². The number of nitrogens with zero attached hydrogens (tertiary/aromatic N) is 3. The zero-order valence-electron chi connectivity index (χ0n) is 12.4. The van der Waals surface area contributed by atoms with Crippen LogP contribution in [-0.2, 0) is 6.54 Å². The van der Waals surface area contributed by atoms with Crippen LogP contribution in [-0.4, -0.2) is 53.7 Å². The van der Waals surface area contributed by atoms with Crippen LogP contribution in [0.1, 0.15) is 24.5 Å². The lowest BCUT2D eigenvalue weighted by atomic mass is 10.1. The zero-order valence-corrected chi connectivity index (χ0v) is 12.4. The summed E-state index contributed by atoms with van der Waals surface area (Å²) in [7, 11) is 0. The van der Waals surface area contributed by atoms with Gasteiger partial charge in [0.2, 0.25) is 0 Å². The third kappa shape index (κ3) is 4.01. The van der Waals surface area contributed by atoms with Gasteiger partial charge < -0.3 is 5.11 Å². The van der Waals surface area contributed by atoms with Crippen molar-refractivity contribution in [3.63, 3.8) is 0 Å². The van der Waals surface area contributed by atoms with Crippen molar-refractivity contribution in [3.8, 4) is 6.07 Å². The van der Waals surface area contributed by atoms with Crippen LogP contribution in [0, 0.1) is 17.1 Å². The lowest BCUT2D eigenvalue weighted by molar-refractivity contribution is 0.0608. The molecule has 1 aliphatic rings. The minimum Gasteiger partial charge on any atom is -0.395 e. The van der Waals surface area contributed by atoms with Gasteiger partial charge in [-0.25, -0.2) is 4.39 Å². The number of rotatable bonds is 5. The van der Waals surface area contributed by atoms with Crippen molar-refractivity contribution < 1.29 is 9.50 Å². The van der Waals surface area contributed by atoms with Crippen molar-refractivity contribution in [3.05, 3.63) is 35.1 Å². The van der Waals surface area contributed by atoms with E-state index < -0.39 is 0 Å². The smallest absolute Gasteiger partial charge is 0.123 e. The van der Waals surface area contributed by atoms with E-state index in [4.69, 9.17) is 5.26 Å². The Kier molecular flexibility index (Phi) is 5.68. The highest BCUT2D eigenvalue weighted by molar-refractivity contribution is 5.37. The van der Waals surface area contributed by atoms with Crippen molar-refractivity contribution in [2.75, 3.05) is 32.8 Å². The molecule has 1 aliphatic heterocycles. The van der Waals surface area contributed by atoms with Gasteiger partial charge in [0.1, 0.15) is 5.82 Å². The first-order chi connectivity index (χ1) is 10.2. The minimum absolute atomic E-state index is 0.193. The predicted octanol–water partition coefficient (Wildman–Crippen LogP) is 1.59. The maximum Gasteiger partial charge on any atom is 0.123 e. The molecule has 5 heteroatoms. The molecule has 1 saturated heterocycles. The Labute approximate surface area is 125 Å². The molecule has 0 amide bonds. The second-order valence-corrected chi connectivity index (χ2v) is 5.47. The summed E-state index contributed by atoms with van der Waals surface area (Å²) in [6, 6.07) is 6.67. The van der Waals surface area contributed by atoms with E-state index in [1.807, 2.05) is 0 Å². The highest BCUT2D eigenvalue weighted by Gasteiger charge is 2.22. The molecule has 1 aromatic carbocycles. The highest BCUT2D eigenvalue weighted by Crippen LogP contribution is 2.16. The largest absolute Gasteiger partial charge is 0.395 e. The van der Waals surface area contributed by atoms with Crippen LogP contribution in [0.15, 0.2) is 18.2 Å². The topological polar surface area (TPSA) is 50.5 Å². The van der Waals surface area contributed by atoms with Crippen molar-refractivity contribution in [2.24, 2.45) is 0 Å². The number of hydrogen-bond donors (Lipinski definition) is 1. The summed E-state index contributed by atoms with van der Waals surface area (Å²) in [5.41, 5.74) is 1.29. The predicted molar refractivity (Wildman–Crippen MR) is 79.1 cm³/mol. The molecule has 0 bridgehead atoms. The molecule has 21 heavy (non-hydrogen) atoms. The van der Waals surface area contributed by atoms with Crippen LogP contribution < -0.4 is 0 Å². The van der Waals surface area contributed by atoms with Gasteiger partial charge in [0.25, 0.3) is 0 Å². The Morgan fingerprint density at radius 2 is 2.05 bits per heavy atom.